The molecule has 0 saturated carbocycles. The lowest BCUT2D eigenvalue weighted by atomic mass is 9.99. The fourth-order valence-electron chi connectivity index (χ4n) is 2.56. The van der Waals surface area contributed by atoms with Gasteiger partial charge in [0, 0.05) is 12.1 Å². The van der Waals surface area contributed by atoms with Gasteiger partial charge in [0.05, 0.1) is 5.69 Å². The van der Waals surface area contributed by atoms with Crippen LogP contribution in [0.3, 0.4) is 0 Å². The Labute approximate surface area is 124 Å². The van der Waals surface area contributed by atoms with E-state index < -0.39 is 5.60 Å². The van der Waals surface area contributed by atoms with Crippen LogP contribution in [0.15, 0.2) is 42.5 Å². The molecular weight excluding hydrogens is 262 g/mol. The number of nitrogens with zero attached hydrogens (tertiary/aromatic N) is 1. The summed E-state index contributed by atoms with van der Waals surface area (Å²) in [5.41, 5.74) is 1.49. The predicted octanol–water partition coefficient (Wildman–Crippen LogP) is 4.61. The standard InChI is InChI=1S/C18H19NO2/c1-18(2,3)21-17(20)19-12-6-9-15-14-8-5-4-7-13(14)10-11-16(15)19/h4-11H,12H2,1-3H3. The molecule has 0 N–H and O–H groups in total. The normalized spacial score (nSPS) is 14.1. The van der Waals surface area contributed by atoms with Gasteiger partial charge in [0.15, 0.2) is 0 Å². The van der Waals surface area contributed by atoms with Gasteiger partial charge in [-0.3, -0.25) is 4.90 Å². The lowest BCUT2D eigenvalue weighted by molar-refractivity contribution is 0.0584. The molecular formula is C18H19NO2. The number of hydrogen-bond acceptors (Lipinski definition) is 2. The van der Waals surface area contributed by atoms with Crippen LogP contribution >= 0.6 is 0 Å². The van der Waals surface area contributed by atoms with Gasteiger partial charge in [-0.2, -0.15) is 0 Å². The number of amides is 1. The fraction of sp³-hybridized carbons (Fsp3) is 0.278. The first-order valence-electron chi connectivity index (χ1n) is 7.14. The van der Waals surface area contributed by atoms with Gasteiger partial charge in [-0.25, -0.2) is 4.79 Å². The Hall–Kier alpha value is -2.29. The topological polar surface area (TPSA) is 29.5 Å². The summed E-state index contributed by atoms with van der Waals surface area (Å²) in [5.74, 6) is 0. The van der Waals surface area contributed by atoms with Crippen molar-refractivity contribution in [3.8, 4) is 0 Å². The molecule has 0 aliphatic carbocycles. The van der Waals surface area contributed by atoms with Crippen LogP contribution in [0.2, 0.25) is 0 Å². The van der Waals surface area contributed by atoms with Crippen molar-refractivity contribution in [2.24, 2.45) is 0 Å². The molecule has 1 heterocycles. The maximum absolute atomic E-state index is 12.4. The van der Waals surface area contributed by atoms with E-state index in [2.05, 4.69) is 18.2 Å². The van der Waals surface area contributed by atoms with Gasteiger partial charge < -0.3 is 4.74 Å². The number of anilines is 1. The van der Waals surface area contributed by atoms with Crippen LogP contribution in [0.4, 0.5) is 10.5 Å². The molecule has 3 heteroatoms. The van der Waals surface area contributed by atoms with E-state index in [9.17, 15) is 4.79 Å². The van der Waals surface area contributed by atoms with Crippen LogP contribution < -0.4 is 4.90 Å². The molecule has 1 aliphatic heterocycles. The largest absolute Gasteiger partial charge is 0.443 e. The minimum atomic E-state index is -0.491. The molecule has 0 atom stereocenters. The van der Waals surface area contributed by atoms with Gasteiger partial charge in [-0.15, -0.1) is 0 Å². The molecule has 0 saturated heterocycles. The number of carbonyl (C=O) groups excluding carboxylic acids is 1. The van der Waals surface area contributed by atoms with Crippen molar-refractivity contribution in [2.75, 3.05) is 11.4 Å². The average molecular weight is 281 g/mol. The van der Waals surface area contributed by atoms with Crippen LogP contribution in [-0.2, 0) is 4.74 Å². The Kier molecular flexibility index (Phi) is 3.20. The molecule has 2 aromatic rings. The Morgan fingerprint density at radius 2 is 1.90 bits per heavy atom. The first-order chi connectivity index (χ1) is 9.96. The Morgan fingerprint density at radius 1 is 1.14 bits per heavy atom. The number of ether oxygens (including phenoxy) is 1. The highest BCUT2D eigenvalue weighted by Gasteiger charge is 2.26. The third-order valence-corrected chi connectivity index (χ3v) is 3.42. The minimum Gasteiger partial charge on any atom is -0.443 e. The summed E-state index contributed by atoms with van der Waals surface area (Å²) in [6.45, 7) is 6.18. The zero-order chi connectivity index (χ0) is 15.0. The van der Waals surface area contributed by atoms with Crippen molar-refractivity contribution in [2.45, 2.75) is 26.4 Å². The van der Waals surface area contributed by atoms with Crippen molar-refractivity contribution in [3.63, 3.8) is 0 Å². The van der Waals surface area contributed by atoms with Gasteiger partial charge in [0.2, 0.25) is 0 Å². The summed E-state index contributed by atoms with van der Waals surface area (Å²) in [6.07, 6.45) is 3.78. The number of benzene rings is 2. The van der Waals surface area contributed by atoms with E-state index in [1.165, 1.54) is 5.39 Å². The number of hydrogen-bond donors (Lipinski definition) is 0. The summed E-state index contributed by atoms with van der Waals surface area (Å²) in [6, 6.07) is 12.2. The van der Waals surface area contributed by atoms with E-state index in [4.69, 9.17) is 4.74 Å². The SMILES string of the molecule is CC(C)(C)OC(=O)N1CC=Cc2c1ccc1ccccc21. The number of carbonyl (C=O) groups is 1. The molecule has 1 aliphatic rings. The first kappa shape index (κ1) is 13.7. The second kappa shape index (κ2) is 4.92. The summed E-state index contributed by atoms with van der Waals surface area (Å²) in [7, 11) is 0. The van der Waals surface area contributed by atoms with E-state index in [-0.39, 0.29) is 6.09 Å². The highest BCUT2D eigenvalue weighted by molar-refractivity contribution is 6.02. The maximum Gasteiger partial charge on any atom is 0.415 e. The fourth-order valence-corrected chi connectivity index (χ4v) is 2.56. The second-order valence-electron chi connectivity index (χ2n) is 6.21. The Morgan fingerprint density at radius 3 is 2.67 bits per heavy atom. The third-order valence-electron chi connectivity index (χ3n) is 3.42. The minimum absolute atomic E-state index is 0.302. The number of rotatable bonds is 0. The zero-order valence-electron chi connectivity index (χ0n) is 12.6. The monoisotopic (exact) mass is 281 g/mol. The van der Waals surface area contributed by atoms with Gasteiger partial charge in [-0.05, 0) is 37.6 Å². The van der Waals surface area contributed by atoms with Crippen molar-refractivity contribution < 1.29 is 9.53 Å². The molecule has 0 unspecified atom stereocenters. The molecule has 2 aromatic carbocycles. The highest BCUT2D eigenvalue weighted by atomic mass is 16.6. The van der Waals surface area contributed by atoms with E-state index in [0.29, 0.717) is 6.54 Å². The van der Waals surface area contributed by atoms with Gasteiger partial charge >= 0.3 is 6.09 Å². The molecule has 0 radical (unpaired) electrons. The van der Waals surface area contributed by atoms with E-state index in [0.717, 1.165) is 16.6 Å². The number of fused-ring (bicyclic) bond motifs is 3. The quantitative estimate of drug-likeness (QED) is 0.706. The molecule has 3 nitrogen and oxygen atoms in total. The van der Waals surface area contributed by atoms with Crippen LogP contribution in [0.1, 0.15) is 26.3 Å². The van der Waals surface area contributed by atoms with Gasteiger partial charge in [-0.1, -0.05) is 42.5 Å². The molecule has 0 spiro atoms. The van der Waals surface area contributed by atoms with Crippen molar-refractivity contribution in [3.05, 3.63) is 48.0 Å². The molecule has 0 aromatic heterocycles. The summed E-state index contributed by atoms with van der Waals surface area (Å²) < 4.78 is 5.50. The van der Waals surface area contributed by atoms with Crippen LogP contribution in [-0.4, -0.2) is 18.2 Å². The summed E-state index contributed by atoms with van der Waals surface area (Å²) in [5, 5.41) is 2.33. The van der Waals surface area contributed by atoms with Crippen LogP contribution in [0.25, 0.3) is 16.8 Å². The third kappa shape index (κ3) is 2.64. The predicted molar refractivity (Wildman–Crippen MR) is 86.6 cm³/mol. The van der Waals surface area contributed by atoms with E-state index >= 15 is 0 Å². The van der Waals surface area contributed by atoms with Crippen molar-refractivity contribution in [1.29, 1.82) is 0 Å². The van der Waals surface area contributed by atoms with Gasteiger partial charge in [0.1, 0.15) is 5.60 Å². The van der Waals surface area contributed by atoms with Gasteiger partial charge in [0.25, 0.3) is 0 Å². The van der Waals surface area contributed by atoms with Crippen molar-refractivity contribution >= 4 is 28.6 Å². The molecule has 0 bridgehead atoms. The Bertz CT molecular complexity index is 726. The highest BCUT2D eigenvalue weighted by Crippen LogP contribution is 2.33. The zero-order valence-corrected chi connectivity index (χ0v) is 12.6. The first-order valence-corrected chi connectivity index (χ1v) is 7.14. The second-order valence-corrected chi connectivity index (χ2v) is 6.21. The van der Waals surface area contributed by atoms with E-state index in [1.807, 2.05) is 51.1 Å². The van der Waals surface area contributed by atoms with Crippen LogP contribution in [0.5, 0.6) is 0 Å². The lowest BCUT2D eigenvalue weighted by Gasteiger charge is -2.30. The summed E-state index contributed by atoms with van der Waals surface area (Å²) in [4.78, 5) is 14.1. The average Bonchev–Trinajstić information content (AvgIpc) is 2.44. The molecule has 3 rings (SSSR count). The van der Waals surface area contributed by atoms with Crippen LogP contribution in [0, 0.1) is 0 Å². The smallest absolute Gasteiger partial charge is 0.415 e. The Balaban J connectivity index is 2.05. The summed E-state index contributed by atoms with van der Waals surface area (Å²) >= 11 is 0. The maximum atomic E-state index is 12.4. The van der Waals surface area contributed by atoms with E-state index in [1.54, 1.807) is 4.90 Å². The molecule has 108 valence electrons. The molecule has 0 fully saturated rings. The lowest BCUT2D eigenvalue weighted by Crippen LogP contribution is -2.38. The molecule has 1 amide bonds. The molecule has 21 heavy (non-hydrogen) atoms. The van der Waals surface area contributed by atoms with Crippen molar-refractivity contribution in [1.82, 2.24) is 0 Å².